The quantitative estimate of drug-likeness (QED) is 0.547. The fraction of sp³-hybridized carbons (Fsp3) is 0.875. The van der Waals surface area contributed by atoms with E-state index in [-0.39, 0.29) is 43.2 Å². The highest BCUT2D eigenvalue weighted by Crippen LogP contribution is 2.35. The Morgan fingerprint density at radius 3 is 2.36 bits per heavy atom. The van der Waals surface area contributed by atoms with Crippen molar-refractivity contribution in [3.63, 3.8) is 0 Å². The van der Waals surface area contributed by atoms with E-state index in [9.17, 15) is 9.59 Å². The second kappa shape index (κ2) is 9.10. The Labute approximate surface area is 132 Å². The van der Waals surface area contributed by atoms with Crippen LogP contribution in [0.2, 0.25) is 0 Å². The number of carbonyl (C=O) groups is 2. The summed E-state index contributed by atoms with van der Waals surface area (Å²) in [5.41, 5.74) is 0. The second-order valence-electron chi connectivity index (χ2n) is 6.14. The molecule has 0 amide bonds. The van der Waals surface area contributed by atoms with Gasteiger partial charge >= 0.3 is 11.9 Å². The minimum atomic E-state index is -0.786. The average Bonchev–Trinajstić information content (AvgIpc) is 2.45. The molecule has 0 aromatic heterocycles. The summed E-state index contributed by atoms with van der Waals surface area (Å²) < 4.78 is 16.8. The summed E-state index contributed by atoms with van der Waals surface area (Å²) in [6.07, 6.45) is 0.944. The zero-order valence-electron chi connectivity index (χ0n) is 13.9. The van der Waals surface area contributed by atoms with Crippen LogP contribution in [-0.2, 0) is 23.8 Å². The zero-order chi connectivity index (χ0) is 16.7. The summed E-state index contributed by atoms with van der Waals surface area (Å²) in [6.45, 7) is 8.44. The van der Waals surface area contributed by atoms with Crippen molar-refractivity contribution in [1.29, 1.82) is 0 Å². The smallest absolute Gasteiger partial charge is 0.303 e. The maximum Gasteiger partial charge on any atom is 0.303 e. The van der Waals surface area contributed by atoms with Crippen molar-refractivity contribution in [2.75, 3.05) is 13.2 Å². The van der Waals surface area contributed by atoms with Crippen molar-refractivity contribution >= 4 is 11.9 Å². The highest BCUT2D eigenvalue weighted by molar-refractivity contribution is 5.66. The topological polar surface area (TPSA) is 82.1 Å². The molecule has 0 radical (unpaired) electrons. The van der Waals surface area contributed by atoms with Gasteiger partial charge in [0.2, 0.25) is 0 Å². The number of hydrogen-bond donors (Lipinski definition) is 1. The molecule has 6 heteroatoms. The lowest BCUT2D eigenvalue weighted by Gasteiger charge is -2.43. The van der Waals surface area contributed by atoms with E-state index in [1.807, 2.05) is 0 Å². The van der Waals surface area contributed by atoms with Crippen LogP contribution < -0.4 is 0 Å². The normalized spacial score (nSPS) is 31.7. The van der Waals surface area contributed by atoms with Crippen molar-refractivity contribution in [2.45, 2.75) is 59.4 Å². The molecule has 0 bridgehead atoms. The zero-order valence-corrected chi connectivity index (χ0v) is 13.9. The third kappa shape index (κ3) is 5.93. The molecule has 2 unspecified atom stereocenters. The van der Waals surface area contributed by atoms with Crippen LogP contribution in [-0.4, -0.2) is 42.7 Å². The molecule has 1 saturated heterocycles. The molecule has 1 fully saturated rings. The van der Waals surface area contributed by atoms with Crippen LogP contribution in [0, 0.1) is 17.8 Å². The van der Waals surface area contributed by atoms with Crippen molar-refractivity contribution in [1.82, 2.24) is 0 Å². The van der Waals surface area contributed by atoms with Crippen LogP contribution in [0.3, 0.4) is 0 Å². The molecule has 0 aromatic carbocycles. The molecular weight excluding hydrogens is 288 g/mol. The molecule has 0 spiro atoms. The Morgan fingerprint density at radius 1 is 1.09 bits per heavy atom. The molecule has 22 heavy (non-hydrogen) atoms. The number of hydrogen-bond acceptors (Lipinski definition) is 5. The molecule has 0 saturated carbocycles. The summed E-state index contributed by atoms with van der Waals surface area (Å²) in [6, 6.07) is 0. The van der Waals surface area contributed by atoms with Gasteiger partial charge in [0.05, 0.1) is 6.10 Å². The van der Waals surface area contributed by atoms with E-state index >= 15 is 0 Å². The first-order valence-electron chi connectivity index (χ1n) is 7.95. The fourth-order valence-electron chi connectivity index (χ4n) is 2.64. The van der Waals surface area contributed by atoms with Crippen LogP contribution in [0.15, 0.2) is 0 Å². The number of aliphatic carboxylic acids is 1. The lowest BCUT2D eigenvalue weighted by atomic mass is 9.79. The molecule has 1 heterocycles. The Hall–Kier alpha value is -1.14. The summed E-state index contributed by atoms with van der Waals surface area (Å²) in [4.78, 5) is 21.4. The molecule has 1 aliphatic rings. The number of carboxylic acids is 1. The van der Waals surface area contributed by atoms with E-state index in [4.69, 9.17) is 19.3 Å². The highest BCUT2D eigenvalue weighted by atomic mass is 16.7. The molecule has 6 nitrogen and oxygen atoms in total. The van der Waals surface area contributed by atoms with Gasteiger partial charge in [0.25, 0.3) is 0 Å². The molecule has 1 N–H and O–H groups in total. The minimum Gasteiger partial charge on any atom is -0.481 e. The van der Waals surface area contributed by atoms with Crippen LogP contribution in [0.4, 0.5) is 0 Å². The highest BCUT2D eigenvalue weighted by Gasteiger charge is 2.39. The van der Waals surface area contributed by atoms with Crippen molar-refractivity contribution in [2.24, 2.45) is 17.8 Å². The lowest BCUT2D eigenvalue weighted by molar-refractivity contribution is -0.255. The van der Waals surface area contributed by atoms with Gasteiger partial charge in [-0.15, -0.1) is 0 Å². The number of ether oxygens (including phenoxy) is 3. The van der Waals surface area contributed by atoms with Crippen molar-refractivity contribution in [3.8, 4) is 0 Å². The summed E-state index contributed by atoms with van der Waals surface area (Å²) >= 11 is 0. The maximum absolute atomic E-state index is 11.0. The number of carboxylic acid groups (broad SMARTS) is 1. The monoisotopic (exact) mass is 316 g/mol. The Kier molecular flexibility index (Phi) is 7.82. The number of carbonyl (C=O) groups excluding carboxylic acids is 1. The predicted molar refractivity (Wildman–Crippen MR) is 80.2 cm³/mol. The van der Waals surface area contributed by atoms with Gasteiger partial charge in [-0.3, -0.25) is 9.59 Å². The molecule has 128 valence electrons. The first-order valence-corrected chi connectivity index (χ1v) is 7.95. The third-order valence-electron chi connectivity index (χ3n) is 4.50. The third-order valence-corrected chi connectivity index (χ3v) is 4.50. The fourth-order valence-corrected chi connectivity index (χ4v) is 2.64. The molecule has 0 aromatic rings. The van der Waals surface area contributed by atoms with Crippen molar-refractivity contribution < 1.29 is 28.9 Å². The number of rotatable bonds is 8. The van der Waals surface area contributed by atoms with E-state index in [0.29, 0.717) is 25.4 Å². The Balaban J connectivity index is 2.43. The lowest BCUT2D eigenvalue weighted by Crippen LogP contribution is -2.47. The van der Waals surface area contributed by atoms with Crippen LogP contribution in [0.25, 0.3) is 0 Å². The summed E-state index contributed by atoms with van der Waals surface area (Å²) in [5.74, 6) is -0.193. The van der Waals surface area contributed by atoms with Gasteiger partial charge in [-0.05, 0) is 24.7 Å². The maximum atomic E-state index is 11.0. The van der Waals surface area contributed by atoms with Gasteiger partial charge in [-0.1, -0.05) is 20.8 Å². The molecular formula is C16H28O6. The first kappa shape index (κ1) is 18.9. The van der Waals surface area contributed by atoms with E-state index in [1.165, 1.54) is 6.92 Å². The second-order valence-corrected chi connectivity index (χ2v) is 6.14. The van der Waals surface area contributed by atoms with Gasteiger partial charge in [-0.25, -0.2) is 0 Å². The predicted octanol–water partition coefficient (Wildman–Crippen LogP) is 2.45. The van der Waals surface area contributed by atoms with Crippen molar-refractivity contribution in [3.05, 3.63) is 0 Å². The molecule has 5 atom stereocenters. The van der Waals surface area contributed by atoms with E-state index in [2.05, 4.69) is 20.8 Å². The van der Waals surface area contributed by atoms with E-state index in [1.54, 1.807) is 0 Å². The Morgan fingerprint density at radius 2 is 1.77 bits per heavy atom. The first-order chi connectivity index (χ1) is 10.3. The Bertz CT molecular complexity index is 370. The van der Waals surface area contributed by atoms with Gasteiger partial charge in [0.15, 0.2) is 6.29 Å². The summed E-state index contributed by atoms with van der Waals surface area (Å²) in [7, 11) is 0. The minimum absolute atomic E-state index is 0.160. The van der Waals surface area contributed by atoms with Crippen LogP contribution >= 0.6 is 0 Å². The van der Waals surface area contributed by atoms with Gasteiger partial charge in [0.1, 0.15) is 6.61 Å². The number of esters is 1. The van der Waals surface area contributed by atoms with Gasteiger partial charge < -0.3 is 19.3 Å². The van der Waals surface area contributed by atoms with E-state index < -0.39 is 5.97 Å². The largest absolute Gasteiger partial charge is 0.481 e. The SMILES string of the molecule is CC(=O)OCC1O[C@@H](OCCCCC(=O)O)C(C)[C@@H](C)[C@@H]1C. The van der Waals surface area contributed by atoms with Gasteiger partial charge in [0, 0.05) is 25.9 Å². The van der Waals surface area contributed by atoms with E-state index in [0.717, 1.165) is 0 Å². The molecule has 1 rings (SSSR count). The summed E-state index contributed by atoms with van der Waals surface area (Å²) in [5, 5.41) is 8.60. The average molecular weight is 316 g/mol. The van der Waals surface area contributed by atoms with Crippen LogP contribution in [0.1, 0.15) is 47.0 Å². The molecule has 1 aliphatic heterocycles. The standard InChI is InChI=1S/C16H28O6/c1-10-11(2)14(9-21-13(4)17)22-16(12(10)3)20-8-6-5-7-15(18)19/h10-12,14,16H,5-9H2,1-4H3,(H,18,19)/t10-,11-,12?,14?,16+/m0/s1. The van der Waals surface area contributed by atoms with Gasteiger partial charge in [-0.2, -0.15) is 0 Å². The number of unbranched alkanes of at least 4 members (excludes halogenated alkanes) is 1. The molecule has 0 aliphatic carbocycles. The van der Waals surface area contributed by atoms with Crippen LogP contribution in [0.5, 0.6) is 0 Å².